The topological polar surface area (TPSA) is 55.7 Å². The van der Waals surface area contributed by atoms with Gasteiger partial charge in [0.25, 0.3) is 0 Å². The maximum absolute atomic E-state index is 12.9. The molecular weight excluding hydrogens is 338 g/mol. The second-order valence-electron chi connectivity index (χ2n) is 5.15. The molecule has 6 heteroatoms. The molecule has 4 rings (SSSR count). The quantitative estimate of drug-likeness (QED) is 0.556. The van der Waals surface area contributed by atoms with Crippen LogP contribution < -0.4 is 0 Å². The molecule has 0 spiro atoms. The van der Waals surface area contributed by atoms with E-state index in [0.29, 0.717) is 16.5 Å². The van der Waals surface area contributed by atoms with Gasteiger partial charge >= 0.3 is 0 Å². The fourth-order valence-electron chi connectivity index (χ4n) is 2.40. The molecule has 0 saturated carbocycles. The molecule has 3 heterocycles. The number of para-hydroxylation sites is 2. The molecule has 0 aliphatic heterocycles. The highest BCUT2D eigenvalue weighted by Gasteiger charge is 2.18. The lowest BCUT2D eigenvalue weighted by molar-refractivity contribution is 0.679. The maximum atomic E-state index is 12.9. The molecule has 3 aromatic heterocycles. The Labute approximate surface area is 145 Å². The van der Waals surface area contributed by atoms with Crippen molar-refractivity contribution >= 4 is 33.2 Å². The summed E-state index contributed by atoms with van der Waals surface area (Å²) in [5, 5.41) is 2.50. The molecule has 0 bridgehead atoms. The lowest BCUT2D eigenvalue weighted by Crippen LogP contribution is -2.04. The van der Waals surface area contributed by atoms with Gasteiger partial charge in [-0.2, -0.15) is 0 Å². The van der Waals surface area contributed by atoms with Crippen LogP contribution >= 0.6 is 11.3 Å². The van der Waals surface area contributed by atoms with Crippen molar-refractivity contribution in [3.8, 4) is 10.6 Å². The van der Waals surface area contributed by atoms with Gasteiger partial charge in [-0.3, -0.25) is 9.19 Å². The molecule has 118 valence electrons. The fraction of sp³-hybridized carbons (Fsp3) is 0.0556. The van der Waals surface area contributed by atoms with E-state index in [4.69, 9.17) is 4.98 Å². The van der Waals surface area contributed by atoms with Crippen LogP contribution in [0.4, 0.5) is 0 Å². The molecule has 24 heavy (non-hydrogen) atoms. The van der Waals surface area contributed by atoms with Gasteiger partial charge in [0, 0.05) is 6.20 Å². The number of thiophene rings is 1. The minimum atomic E-state index is -1.32. The van der Waals surface area contributed by atoms with Crippen molar-refractivity contribution in [3.63, 3.8) is 0 Å². The Kier molecular flexibility index (Phi) is 4.15. The van der Waals surface area contributed by atoms with Crippen LogP contribution in [0.15, 0.2) is 71.2 Å². The standard InChI is InChI=1S/C18H13N3OS2/c22-24(12-13-6-3-4-10-19-13)18-17(16-9-5-11-23-16)20-14-7-1-2-8-15(14)21-18/h1-11H,12H2. The average Bonchev–Trinajstić information content (AvgIpc) is 3.16. The SMILES string of the molecule is O=S(Cc1ccccn1)c1nc2ccccc2nc1-c1cccs1. The number of hydrogen-bond donors (Lipinski definition) is 0. The number of pyridine rings is 1. The maximum Gasteiger partial charge on any atom is 0.155 e. The molecule has 0 aliphatic carbocycles. The summed E-state index contributed by atoms with van der Waals surface area (Å²) in [6.45, 7) is 0. The van der Waals surface area contributed by atoms with Gasteiger partial charge in [-0.05, 0) is 35.7 Å². The van der Waals surface area contributed by atoms with Crippen molar-refractivity contribution in [2.75, 3.05) is 0 Å². The molecule has 4 nitrogen and oxygen atoms in total. The molecule has 1 atom stereocenters. The van der Waals surface area contributed by atoms with Crippen LogP contribution in [0.5, 0.6) is 0 Å². The molecule has 0 aliphatic rings. The number of hydrogen-bond acceptors (Lipinski definition) is 5. The average molecular weight is 351 g/mol. The van der Waals surface area contributed by atoms with Crippen LogP contribution in [0.25, 0.3) is 21.6 Å². The number of aromatic nitrogens is 3. The van der Waals surface area contributed by atoms with Crippen molar-refractivity contribution in [1.29, 1.82) is 0 Å². The molecule has 1 unspecified atom stereocenters. The van der Waals surface area contributed by atoms with Crippen LogP contribution in [0.1, 0.15) is 5.69 Å². The largest absolute Gasteiger partial charge is 0.260 e. The highest BCUT2D eigenvalue weighted by atomic mass is 32.2. The first-order chi connectivity index (χ1) is 11.8. The predicted octanol–water partition coefficient (Wildman–Crippen LogP) is 4.06. The second kappa shape index (κ2) is 6.59. The van der Waals surface area contributed by atoms with Crippen LogP contribution in [-0.4, -0.2) is 19.2 Å². The number of fused-ring (bicyclic) bond motifs is 1. The summed E-state index contributed by atoms with van der Waals surface area (Å²) < 4.78 is 12.9. The molecule has 0 fully saturated rings. The van der Waals surface area contributed by atoms with Gasteiger partial charge in [0.2, 0.25) is 0 Å². The van der Waals surface area contributed by atoms with Gasteiger partial charge in [-0.15, -0.1) is 11.3 Å². The zero-order chi connectivity index (χ0) is 16.4. The second-order valence-corrected chi connectivity index (χ2v) is 7.47. The highest BCUT2D eigenvalue weighted by molar-refractivity contribution is 7.84. The molecule has 0 radical (unpaired) electrons. The minimum absolute atomic E-state index is 0.326. The van der Waals surface area contributed by atoms with E-state index in [0.717, 1.165) is 21.6 Å². The Morgan fingerprint density at radius 2 is 1.71 bits per heavy atom. The van der Waals surface area contributed by atoms with E-state index in [1.54, 1.807) is 17.5 Å². The Morgan fingerprint density at radius 3 is 2.42 bits per heavy atom. The van der Waals surface area contributed by atoms with E-state index >= 15 is 0 Å². The van der Waals surface area contributed by atoms with Crippen molar-refractivity contribution in [2.24, 2.45) is 0 Å². The van der Waals surface area contributed by atoms with Crippen molar-refractivity contribution in [2.45, 2.75) is 10.8 Å². The zero-order valence-electron chi connectivity index (χ0n) is 12.6. The Balaban J connectivity index is 1.83. The van der Waals surface area contributed by atoms with Crippen LogP contribution in [0.2, 0.25) is 0 Å². The van der Waals surface area contributed by atoms with Gasteiger partial charge in [0.1, 0.15) is 5.69 Å². The van der Waals surface area contributed by atoms with Crippen molar-refractivity contribution in [1.82, 2.24) is 15.0 Å². The lowest BCUT2D eigenvalue weighted by Gasteiger charge is -2.08. The summed E-state index contributed by atoms with van der Waals surface area (Å²) in [6.07, 6.45) is 1.71. The summed E-state index contributed by atoms with van der Waals surface area (Å²) >= 11 is 1.57. The highest BCUT2D eigenvalue weighted by Crippen LogP contribution is 2.29. The Hall–Kier alpha value is -2.44. The number of nitrogens with zero attached hydrogens (tertiary/aromatic N) is 3. The first-order valence-corrected chi connectivity index (χ1v) is 9.60. The summed E-state index contributed by atoms with van der Waals surface area (Å²) in [5.41, 5.74) is 3.03. The lowest BCUT2D eigenvalue weighted by atomic mass is 10.3. The monoisotopic (exact) mass is 351 g/mol. The third-order valence-electron chi connectivity index (χ3n) is 3.51. The zero-order valence-corrected chi connectivity index (χ0v) is 14.3. The van der Waals surface area contributed by atoms with E-state index in [2.05, 4.69) is 9.97 Å². The summed E-state index contributed by atoms with van der Waals surface area (Å²) in [6, 6.07) is 17.2. The molecule has 0 saturated heterocycles. The Morgan fingerprint density at radius 1 is 0.917 bits per heavy atom. The van der Waals surface area contributed by atoms with Gasteiger partial charge in [-0.25, -0.2) is 9.97 Å². The van der Waals surface area contributed by atoms with E-state index in [-0.39, 0.29) is 0 Å². The Bertz CT molecular complexity index is 1000. The van der Waals surface area contributed by atoms with Crippen molar-refractivity contribution < 1.29 is 4.21 Å². The van der Waals surface area contributed by atoms with Crippen LogP contribution in [0.3, 0.4) is 0 Å². The van der Waals surface area contributed by atoms with Gasteiger partial charge < -0.3 is 0 Å². The van der Waals surface area contributed by atoms with Crippen molar-refractivity contribution in [3.05, 3.63) is 71.9 Å². The van der Waals surface area contributed by atoms with E-state index in [1.807, 2.05) is 60.0 Å². The summed E-state index contributed by atoms with van der Waals surface area (Å²) in [7, 11) is -1.32. The molecule has 1 aromatic carbocycles. The normalized spacial score (nSPS) is 12.3. The van der Waals surface area contributed by atoms with E-state index < -0.39 is 10.8 Å². The molecule has 4 aromatic rings. The molecule has 0 amide bonds. The van der Waals surface area contributed by atoms with E-state index in [1.165, 1.54) is 0 Å². The molecular formula is C18H13N3OS2. The first kappa shape index (κ1) is 15.1. The third-order valence-corrected chi connectivity index (χ3v) is 5.66. The smallest absolute Gasteiger partial charge is 0.155 e. The number of benzene rings is 1. The third kappa shape index (κ3) is 2.98. The first-order valence-electron chi connectivity index (χ1n) is 7.40. The predicted molar refractivity (Wildman–Crippen MR) is 97.2 cm³/mol. The van der Waals surface area contributed by atoms with Gasteiger partial charge in [0.05, 0.1) is 38.2 Å². The summed E-state index contributed by atoms with van der Waals surface area (Å²) in [5.74, 6) is 0.326. The van der Waals surface area contributed by atoms with Gasteiger partial charge in [-0.1, -0.05) is 24.3 Å². The molecule has 0 N–H and O–H groups in total. The van der Waals surface area contributed by atoms with E-state index in [9.17, 15) is 4.21 Å². The van der Waals surface area contributed by atoms with Crippen LogP contribution in [-0.2, 0) is 16.6 Å². The van der Waals surface area contributed by atoms with Crippen LogP contribution in [0, 0.1) is 0 Å². The minimum Gasteiger partial charge on any atom is -0.260 e. The fourth-order valence-corrected chi connectivity index (χ4v) is 4.33. The summed E-state index contributed by atoms with van der Waals surface area (Å²) in [4.78, 5) is 14.6. The number of rotatable bonds is 4. The van der Waals surface area contributed by atoms with Gasteiger partial charge in [0.15, 0.2) is 5.03 Å².